The number of hydrogen-bond donors (Lipinski definition) is 1. The van der Waals surface area contributed by atoms with E-state index in [1.807, 2.05) is 0 Å². The van der Waals surface area contributed by atoms with Gasteiger partial charge in [-0.15, -0.1) is 0 Å². The van der Waals surface area contributed by atoms with Crippen LogP contribution in [0.2, 0.25) is 0 Å². The average molecular weight is 299 g/mol. The predicted molar refractivity (Wildman–Crippen MR) is 77.8 cm³/mol. The Bertz CT molecular complexity index is 779. The van der Waals surface area contributed by atoms with E-state index in [-0.39, 0.29) is 18.3 Å². The van der Waals surface area contributed by atoms with E-state index in [4.69, 9.17) is 5.73 Å². The fourth-order valence-corrected chi connectivity index (χ4v) is 2.30. The van der Waals surface area contributed by atoms with Crippen molar-refractivity contribution in [3.05, 3.63) is 23.5 Å². The van der Waals surface area contributed by atoms with Gasteiger partial charge in [-0.3, -0.25) is 0 Å². The first kappa shape index (κ1) is 14.8. The van der Waals surface area contributed by atoms with Crippen LogP contribution in [0.15, 0.2) is 12.1 Å². The minimum atomic E-state index is -3.26. The van der Waals surface area contributed by atoms with Crippen molar-refractivity contribution in [2.75, 3.05) is 12.0 Å². The van der Waals surface area contributed by atoms with Gasteiger partial charge in [0.15, 0.2) is 9.84 Å². The molecule has 0 radical (unpaired) electrons. The molecule has 1 heterocycles. The molecule has 0 aliphatic heterocycles. The van der Waals surface area contributed by atoms with Gasteiger partial charge in [0.1, 0.15) is 5.82 Å². The predicted octanol–water partition coefficient (Wildman–Crippen LogP) is 1.89. The number of nitrogen functional groups attached to an aromatic ring is 1. The molecule has 7 heteroatoms. The fraction of sp³-hybridized carbons (Fsp3) is 0.462. The van der Waals surface area contributed by atoms with Crippen LogP contribution in [-0.2, 0) is 16.4 Å². The van der Waals surface area contributed by atoms with E-state index < -0.39 is 14.6 Å². The summed E-state index contributed by atoms with van der Waals surface area (Å²) in [6, 6.07) is 2.94. The summed E-state index contributed by atoms with van der Waals surface area (Å²) in [5.41, 5.74) is 7.37. The van der Waals surface area contributed by atoms with Crippen LogP contribution in [0.25, 0.3) is 11.0 Å². The molecular formula is C13H18FN3O2S. The smallest absolute Gasteiger partial charge is 0.201 e. The number of anilines is 1. The number of halogens is 1. The van der Waals surface area contributed by atoms with Crippen LogP contribution in [0.1, 0.15) is 19.4 Å². The molecule has 5 nitrogen and oxygen atoms in total. The van der Waals surface area contributed by atoms with Crippen molar-refractivity contribution in [3.63, 3.8) is 0 Å². The van der Waals surface area contributed by atoms with E-state index in [0.717, 1.165) is 0 Å². The molecule has 0 amide bonds. The van der Waals surface area contributed by atoms with E-state index in [0.29, 0.717) is 16.6 Å². The number of aryl methyl sites for hydroxylation is 1. The largest absolute Gasteiger partial charge is 0.369 e. The van der Waals surface area contributed by atoms with Gasteiger partial charge in [-0.25, -0.2) is 17.8 Å². The Hall–Kier alpha value is -1.63. The van der Waals surface area contributed by atoms with Gasteiger partial charge in [0.25, 0.3) is 0 Å². The lowest BCUT2D eigenvalue weighted by Gasteiger charge is -2.23. The molecule has 0 unspecified atom stereocenters. The van der Waals surface area contributed by atoms with Crippen molar-refractivity contribution >= 4 is 26.8 Å². The lowest BCUT2D eigenvalue weighted by atomic mass is 10.2. The van der Waals surface area contributed by atoms with Crippen molar-refractivity contribution in [2.45, 2.75) is 32.1 Å². The molecular weight excluding hydrogens is 281 g/mol. The number of nitrogens with zero attached hydrogens (tertiary/aromatic N) is 2. The van der Waals surface area contributed by atoms with Gasteiger partial charge in [0.05, 0.1) is 15.8 Å². The highest BCUT2D eigenvalue weighted by Gasteiger charge is 2.32. The number of sulfone groups is 1. The standard InChI is InChI=1S/C13H18FN3O2S/c1-8-5-11-10(6-9(8)14)16-12(15)17(11)7-13(2,3)20(4,18)19/h5-6H,7H2,1-4H3,(H2,15,16). The third kappa shape index (κ3) is 2.37. The molecule has 0 saturated carbocycles. The summed E-state index contributed by atoms with van der Waals surface area (Å²) < 4.78 is 37.8. The molecule has 1 aromatic heterocycles. The summed E-state index contributed by atoms with van der Waals surface area (Å²) in [5, 5.41) is 0. The van der Waals surface area contributed by atoms with Crippen LogP contribution in [-0.4, -0.2) is 29.0 Å². The lowest BCUT2D eigenvalue weighted by Crippen LogP contribution is -2.36. The Morgan fingerprint density at radius 2 is 2.00 bits per heavy atom. The number of aromatic nitrogens is 2. The van der Waals surface area contributed by atoms with Crippen LogP contribution >= 0.6 is 0 Å². The molecule has 0 aliphatic rings. The Kier molecular flexibility index (Phi) is 3.28. The fourth-order valence-electron chi connectivity index (χ4n) is 1.93. The highest BCUT2D eigenvalue weighted by molar-refractivity contribution is 7.92. The van der Waals surface area contributed by atoms with E-state index in [2.05, 4.69) is 4.98 Å². The van der Waals surface area contributed by atoms with E-state index >= 15 is 0 Å². The normalized spacial score (nSPS) is 13.1. The maximum absolute atomic E-state index is 13.5. The van der Waals surface area contributed by atoms with Gasteiger partial charge in [-0.1, -0.05) is 0 Å². The van der Waals surface area contributed by atoms with Crippen molar-refractivity contribution in [1.29, 1.82) is 0 Å². The molecule has 1 aromatic carbocycles. The first-order valence-electron chi connectivity index (χ1n) is 6.14. The lowest BCUT2D eigenvalue weighted by molar-refractivity contribution is 0.511. The molecule has 20 heavy (non-hydrogen) atoms. The monoisotopic (exact) mass is 299 g/mol. The van der Waals surface area contributed by atoms with Crippen LogP contribution in [0, 0.1) is 12.7 Å². The zero-order chi connectivity index (χ0) is 15.3. The van der Waals surface area contributed by atoms with E-state index in [1.165, 1.54) is 12.3 Å². The quantitative estimate of drug-likeness (QED) is 0.938. The number of nitrogens with two attached hydrogens (primary N) is 1. The number of imidazole rings is 1. The second-order valence-corrected chi connectivity index (χ2v) is 8.33. The van der Waals surface area contributed by atoms with Gasteiger partial charge in [0, 0.05) is 18.9 Å². The zero-order valence-corrected chi connectivity index (χ0v) is 12.8. The Morgan fingerprint density at radius 1 is 1.40 bits per heavy atom. The summed E-state index contributed by atoms with van der Waals surface area (Å²) in [6.45, 7) is 5.07. The minimum absolute atomic E-state index is 0.166. The van der Waals surface area contributed by atoms with Crippen LogP contribution < -0.4 is 5.73 Å². The van der Waals surface area contributed by atoms with Crippen molar-refractivity contribution in [3.8, 4) is 0 Å². The van der Waals surface area contributed by atoms with Gasteiger partial charge >= 0.3 is 0 Å². The molecule has 0 atom stereocenters. The molecule has 2 rings (SSSR count). The Morgan fingerprint density at radius 3 is 2.55 bits per heavy atom. The molecule has 0 saturated heterocycles. The number of hydrogen-bond acceptors (Lipinski definition) is 4. The van der Waals surface area contributed by atoms with Gasteiger partial charge in [-0.05, 0) is 32.4 Å². The van der Waals surface area contributed by atoms with Crippen LogP contribution in [0.3, 0.4) is 0 Å². The second kappa shape index (κ2) is 4.44. The molecule has 0 spiro atoms. The summed E-state index contributed by atoms with van der Waals surface area (Å²) in [4.78, 5) is 4.09. The molecule has 0 aliphatic carbocycles. The van der Waals surface area contributed by atoms with Crippen LogP contribution in [0.5, 0.6) is 0 Å². The van der Waals surface area contributed by atoms with Gasteiger partial charge in [0.2, 0.25) is 5.95 Å². The number of benzene rings is 1. The summed E-state index contributed by atoms with van der Waals surface area (Å²) in [5.74, 6) is -0.175. The maximum atomic E-state index is 13.5. The number of rotatable bonds is 3. The van der Waals surface area contributed by atoms with Crippen LogP contribution in [0.4, 0.5) is 10.3 Å². The highest BCUT2D eigenvalue weighted by Crippen LogP contribution is 2.26. The third-order valence-electron chi connectivity index (χ3n) is 3.60. The van der Waals surface area contributed by atoms with Crippen molar-refractivity contribution < 1.29 is 12.8 Å². The molecule has 110 valence electrons. The molecule has 2 N–H and O–H groups in total. The molecule has 0 bridgehead atoms. The summed E-state index contributed by atoms with van der Waals surface area (Å²) in [6.07, 6.45) is 1.19. The topological polar surface area (TPSA) is 78.0 Å². The SMILES string of the molecule is Cc1cc2c(cc1F)nc(N)n2CC(C)(C)S(C)(=O)=O. The maximum Gasteiger partial charge on any atom is 0.201 e. The minimum Gasteiger partial charge on any atom is -0.369 e. The van der Waals surface area contributed by atoms with Gasteiger partial charge in [-0.2, -0.15) is 0 Å². The second-order valence-electron chi connectivity index (χ2n) is 5.68. The average Bonchev–Trinajstić information content (AvgIpc) is 2.55. The summed E-state index contributed by atoms with van der Waals surface area (Å²) in [7, 11) is -3.26. The summed E-state index contributed by atoms with van der Waals surface area (Å²) >= 11 is 0. The van der Waals surface area contributed by atoms with E-state index in [9.17, 15) is 12.8 Å². The first-order valence-corrected chi connectivity index (χ1v) is 8.03. The highest BCUT2D eigenvalue weighted by atomic mass is 32.2. The third-order valence-corrected chi connectivity index (χ3v) is 5.74. The zero-order valence-electron chi connectivity index (χ0n) is 11.9. The Labute approximate surface area is 117 Å². The Balaban J connectivity index is 2.61. The van der Waals surface area contributed by atoms with Crippen molar-refractivity contribution in [2.24, 2.45) is 0 Å². The van der Waals surface area contributed by atoms with Crippen molar-refractivity contribution in [1.82, 2.24) is 9.55 Å². The molecule has 0 fully saturated rings. The van der Waals surface area contributed by atoms with E-state index in [1.54, 1.807) is 31.4 Å². The van der Waals surface area contributed by atoms with Gasteiger partial charge < -0.3 is 10.3 Å². The number of fused-ring (bicyclic) bond motifs is 1. The molecule has 2 aromatic rings. The first-order chi connectivity index (χ1) is 9.03.